The molecule has 0 aliphatic heterocycles. The molecule has 2 heterocycles. The van der Waals surface area contributed by atoms with Gasteiger partial charge in [0, 0.05) is 11.9 Å². The van der Waals surface area contributed by atoms with Crippen molar-refractivity contribution in [3.05, 3.63) is 30.0 Å². The fraction of sp³-hybridized carbons (Fsp3) is 0.375. The van der Waals surface area contributed by atoms with Gasteiger partial charge in [0.25, 0.3) is 0 Å². The van der Waals surface area contributed by atoms with E-state index in [2.05, 4.69) is 27.5 Å². The fourth-order valence-corrected chi connectivity index (χ4v) is 2.41. The summed E-state index contributed by atoms with van der Waals surface area (Å²) in [5.41, 5.74) is 1.39. The molecule has 1 aromatic carbocycles. The van der Waals surface area contributed by atoms with Crippen molar-refractivity contribution in [2.75, 3.05) is 18.5 Å². The maximum Gasteiger partial charge on any atom is 0.362 e. The number of carbonyl (C=O) groups excluding carboxylic acids is 1. The second kappa shape index (κ2) is 6.60. The Kier molecular flexibility index (Phi) is 4.36. The Balaban J connectivity index is 2.15. The Bertz CT molecular complexity index is 843. The van der Waals surface area contributed by atoms with Gasteiger partial charge < -0.3 is 10.1 Å². The predicted octanol–water partition coefficient (Wildman–Crippen LogP) is 2.67. The Labute approximate surface area is 133 Å². The average Bonchev–Trinajstić information content (AvgIpc) is 2.99. The topological polar surface area (TPSA) is 81.4 Å². The van der Waals surface area contributed by atoms with Crippen LogP contribution >= 0.6 is 0 Å². The van der Waals surface area contributed by atoms with Gasteiger partial charge in [0.05, 0.1) is 12.1 Å². The summed E-state index contributed by atoms with van der Waals surface area (Å²) in [7, 11) is 0. The molecule has 0 bridgehead atoms. The second-order valence-corrected chi connectivity index (χ2v) is 5.15. The van der Waals surface area contributed by atoms with Gasteiger partial charge in [-0.25, -0.2) is 9.78 Å². The number of carbonyl (C=O) groups is 1. The summed E-state index contributed by atoms with van der Waals surface area (Å²) in [6.07, 6.45) is 2.14. The Morgan fingerprint density at radius 2 is 2.13 bits per heavy atom. The molecule has 7 heteroatoms. The number of rotatable bonds is 6. The summed E-state index contributed by atoms with van der Waals surface area (Å²) in [6.45, 7) is 4.99. The number of hydrogen-bond acceptors (Lipinski definition) is 6. The van der Waals surface area contributed by atoms with E-state index in [9.17, 15) is 4.79 Å². The molecular formula is C16H19N5O2. The minimum Gasteiger partial charge on any atom is -0.461 e. The molecule has 0 radical (unpaired) electrons. The molecule has 2 aromatic heterocycles. The maximum absolute atomic E-state index is 12.0. The molecule has 0 unspecified atom stereocenters. The van der Waals surface area contributed by atoms with Gasteiger partial charge in [0.1, 0.15) is 5.82 Å². The second-order valence-electron chi connectivity index (χ2n) is 5.15. The van der Waals surface area contributed by atoms with E-state index in [4.69, 9.17) is 4.74 Å². The minimum absolute atomic E-state index is 0.135. The average molecular weight is 313 g/mol. The maximum atomic E-state index is 12.0. The third kappa shape index (κ3) is 2.81. The van der Waals surface area contributed by atoms with E-state index >= 15 is 0 Å². The van der Waals surface area contributed by atoms with Crippen molar-refractivity contribution >= 4 is 28.3 Å². The molecule has 0 saturated carbocycles. The molecule has 23 heavy (non-hydrogen) atoms. The Morgan fingerprint density at radius 3 is 2.91 bits per heavy atom. The number of unbranched alkanes of at least 4 members (excludes halogenated alkanes) is 1. The number of ether oxygens (including phenoxy) is 1. The number of anilines is 1. The van der Waals surface area contributed by atoms with Gasteiger partial charge in [-0.05, 0) is 25.5 Å². The highest BCUT2D eigenvalue weighted by Crippen LogP contribution is 2.23. The van der Waals surface area contributed by atoms with Crippen LogP contribution < -0.4 is 5.32 Å². The molecule has 0 aliphatic rings. The molecule has 1 N–H and O–H groups in total. The van der Waals surface area contributed by atoms with Gasteiger partial charge in [-0.2, -0.15) is 4.52 Å². The van der Waals surface area contributed by atoms with Crippen LogP contribution in [0.1, 0.15) is 37.2 Å². The van der Waals surface area contributed by atoms with E-state index in [1.54, 1.807) is 11.4 Å². The largest absolute Gasteiger partial charge is 0.461 e. The summed E-state index contributed by atoms with van der Waals surface area (Å²) in [5, 5.41) is 12.3. The number of esters is 1. The summed E-state index contributed by atoms with van der Waals surface area (Å²) >= 11 is 0. The highest BCUT2D eigenvalue weighted by Gasteiger charge is 2.20. The van der Waals surface area contributed by atoms with E-state index < -0.39 is 5.97 Å². The van der Waals surface area contributed by atoms with Gasteiger partial charge in [-0.1, -0.05) is 30.7 Å². The van der Waals surface area contributed by atoms with Crippen molar-refractivity contribution < 1.29 is 9.53 Å². The lowest BCUT2D eigenvalue weighted by molar-refractivity contribution is 0.0521. The molecule has 0 spiro atoms. The van der Waals surface area contributed by atoms with Crippen LogP contribution in [-0.2, 0) is 4.74 Å². The smallest absolute Gasteiger partial charge is 0.362 e. The molecule has 0 fully saturated rings. The molecule has 3 rings (SSSR count). The number of hydrogen-bond donors (Lipinski definition) is 1. The van der Waals surface area contributed by atoms with Crippen molar-refractivity contribution in [3.8, 4) is 0 Å². The first-order chi connectivity index (χ1) is 11.3. The number of benzene rings is 1. The molecule has 120 valence electrons. The Hall–Kier alpha value is -2.70. The minimum atomic E-state index is -0.509. The molecule has 0 amide bonds. The fourth-order valence-electron chi connectivity index (χ4n) is 2.41. The van der Waals surface area contributed by atoms with Gasteiger partial charge in [0.2, 0.25) is 5.69 Å². The lowest BCUT2D eigenvalue weighted by Crippen LogP contribution is -2.09. The standard InChI is InChI=1S/C16H19N5O2/c1-3-5-10-17-14-11-8-6-7-9-12(11)21-15(18-14)13(19-20-21)16(22)23-4-2/h6-9H,3-5,10H2,1-2H3,(H,17,18). The highest BCUT2D eigenvalue weighted by atomic mass is 16.5. The molecular weight excluding hydrogens is 294 g/mol. The third-order valence-corrected chi connectivity index (χ3v) is 3.54. The number of nitrogens with zero attached hydrogens (tertiary/aromatic N) is 4. The van der Waals surface area contributed by atoms with E-state index in [-0.39, 0.29) is 12.3 Å². The van der Waals surface area contributed by atoms with Crippen LogP contribution in [0.5, 0.6) is 0 Å². The van der Waals surface area contributed by atoms with Gasteiger partial charge in [-0.3, -0.25) is 0 Å². The molecule has 0 aliphatic carbocycles. The van der Waals surface area contributed by atoms with Crippen molar-refractivity contribution in [2.24, 2.45) is 0 Å². The summed E-state index contributed by atoms with van der Waals surface area (Å²) in [4.78, 5) is 16.6. The van der Waals surface area contributed by atoms with Gasteiger partial charge in [0.15, 0.2) is 5.65 Å². The first-order valence-electron chi connectivity index (χ1n) is 7.81. The molecule has 0 atom stereocenters. The molecule has 3 aromatic rings. The first-order valence-corrected chi connectivity index (χ1v) is 7.81. The first kappa shape index (κ1) is 15.2. The van der Waals surface area contributed by atoms with Crippen LogP contribution in [0.15, 0.2) is 24.3 Å². The zero-order chi connectivity index (χ0) is 16.2. The number of fused-ring (bicyclic) bond motifs is 3. The summed E-state index contributed by atoms with van der Waals surface area (Å²) in [6, 6.07) is 7.77. The monoisotopic (exact) mass is 313 g/mol. The van der Waals surface area contributed by atoms with Crippen LogP contribution in [0, 0.1) is 0 Å². The lowest BCUT2D eigenvalue weighted by Gasteiger charge is -2.09. The summed E-state index contributed by atoms with van der Waals surface area (Å²) in [5.74, 6) is 0.221. The van der Waals surface area contributed by atoms with E-state index in [1.165, 1.54) is 0 Å². The van der Waals surface area contributed by atoms with Crippen LogP contribution in [0.3, 0.4) is 0 Å². The van der Waals surface area contributed by atoms with Crippen molar-refractivity contribution in [1.82, 2.24) is 19.8 Å². The quantitative estimate of drug-likeness (QED) is 0.556. The zero-order valence-electron chi connectivity index (χ0n) is 13.2. The molecule has 0 saturated heterocycles. The van der Waals surface area contributed by atoms with Crippen LogP contribution in [0.4, 0.5) is 5.82 Å². The highest BCUT2D eigenvalue weighted by molar-refractivity contribution is 5.97. The number of nitrogens with one attached hydrogen (secondary N) is 1. The molecule has 7 nitrogen and oxygen atoms in total. The van der Waals surface area contributed by atoms with Gasteiger partial charge >= 0.3 is 5.97 Å². The third-order valence-electron chi connectivity index (χ3n) is 3.54. The predicted molar refractivity (Wildman–Crippen MR) is 87.6 cm³/mol. The van der Waals surface area contributed by atoms with Crippen LogP contribution in [0.2, 0.25) is 0 Å². The van der Waals surface area contributed by atoms with Crippen LogP contribution in [0.25, 0.3) is 16.6 Å². The van der Waals surface area contributed by atoms with Gasteiger partial charge in [-0.15, -0.1) is 5.10 Å². The lowest BCUT2D eigenvalue weighted by atomic mass is 10.2. The van der Waals surface area contributed by atoms with Crippen molar-refractivity contribution in [2.45, 2.75) is 26.7 Å². The normalized spacial score (nSPS) is 11.0. The summed E-state index contributed by atoms with van der Waals surface area (Å²) < 4.78 is 6.61. The van der Waals surface area contributed by atoms with Crippen molar-refractivity contribution in [3.63, 3.8) is 0 Å². The van der Waals surface area contributed by atoms with Crippen molar-refractivity contribution in [1.29, 1.82) is 0 Å². The van der Waals surface area contributed by atoms with E-state index in [0.717, 1.165) is 36.1 Å². The van der Waals surface area contributed by atoms with Crippen LogP contribution in [-0.4, -0.2) is 38.9 Å². The SMILES string of the molecule is CCCCNc1nc2c(C(=O)OCC)nnn2c2ccccc12. The number of para-hydroxylation sites is 1. The van der Waals surface area contributed by atoms with E-state index in [1.807, 2.05) is 24.3 Å². The number of aromatic nitrogens is 4. The Morgan fingerprint density at radius 1 is 1.30 bits per heavy atom. The van der Waals surface area contributed by atoms with E-state index in [0.29, 0.717) is 5.65 Å². The zero-order valence-corrected chi connectivity index (χ0v) is 13.2.